The molecule has 4 nitrogen and oxygen atoms in total. The van der Waals surface area contributed by atoms with Crippen LogP contribution in [0.25, 0.3) is 0 Å². The summed E-state index contributed by atoms with van der Waals surface area (Å²) in [6.07, 6.45) is 8.03. The van der Waals surface area contributed by atoms with E-state index in [1.54, 1.807) is 6.20 Å². The van der Waals surface area contributed by atoms with Gasteiger partial charge in [0.15, 0.2) is 4.77 Å². The molecule has 0 saturated heterocycles. The van der Waals surface area contributed by atoms with E-state index in [2.05, 4.69) is 25.8 Å². The molecule has 1 fully saturated rings. The van der Waals surface area contributed by atoms with Gasteiger partial charge in [0.05, 0.1) is 0 Å². The van der Waals surface area contributed by atoms with E-state index in [1.807, 2.05) is 12.3 Å². The van der Waals surface area contributed by atoms with E-state index >= 15 is 0 Å². The van der Waals surface area contributed by atoms with E-state index in [0.29, 0.717) is 6.04 Å². The fourth-order valence-corrected chi connectivity index (χ4v) is 2.33. The highest BCUT2D eigenvalue weighted by Gasteiger charge is 2.26. The fourth-order valence-electron chi connectivity index (χ4n) is 2.03. The zero-order valence-corrected chi connectivity index (χ0v) is 10.3. The summed E-state index contributed by atoms with van der Waals surface area (Å²) in [6.45, 7) is 0. The standard InChI is InChI=1S/C12H14N4S/c17-12-15-14-11(16(12)10-4-5-10)6-3-9-2-1-7-13-8-9/h1-2,7-8,10H,3-6H2,(H,15,17). The summed E-state index contributed by atoms with van der Waals surface area (Å²) in [6, 6.07) is 4.65. The molecule has 0 amide bonds. The predicted octanol–water partition coefficient (Wildman–Crippen LogP) is 2.46. The number of hydrogen-bond acceptors (Lipinski definition) is 3. The van der Waals surface area contributed by atoms with E-state index in [4.69, 9.17) is 12.2 Å². The second-order valence-corrected chi connectivity index (χ2v) is 4.79. The zero-order chi connectivity index (χ0) is 11.7. The van der Waals surface area contributed by atoms with Crippen molar-refractivity contribution in [3.63, 3.8) is 0 Å². The first kappa shape index (κ1) is 10.7. The molecule has 88 valence electrons. The molecule has 2 aromatic rings. The molecule has 0 radical (unpaired) electrons. The molecule has 3 rings (SSSR count). The minimum Gasteiger partial charge on any atom is -0.301 e. The molecule has 0 unspecified atom stereocenters. The van der Waals surface area contributed by atoms with Gasteiger partial charge in [-0.2, -0.15) is 5.10 Å². The Kier molecular flexibility index (Phi) is 2.76. The Bertz CT molecular complexity index is 553. The molecule has 1 aliphatic carbocycles. The van der Waals surface area contributed by atoms with Crippen molar-refractivity contribution < 1.29 is 0 Å². The van der Waals surface area contributed by atoms with Gasteiger partial charge in [-0.05, 0) is 43.1 Å². The molecule has 1 N–H and O–H groups in total. The summed E-state index contributed by atoms with van der Waals surface area (Å²) in [7, 11) is 0. The van der Waals surface area contributed by atoms with E-state index in [-0.39, 0.29) is 0 Å². The van der Waals surface area contributed by atoms with Gasteiger partial charge in [0.2, 0.25) is 0 Å². The van der Waals surface area contributed by atoms with E-state index in [9.17, 15) is 0 Å². The van der Waals surface area contributed by atoms with Gasteiger partial charge in [0.25, 0.3) is 0 Å². The van der Waals surface area contributed by atoms with Crippen molar-refractivity contribution in [3.05, 3.63) is 40.7 Å². The summed E-state index contributed by atoms with van der Waals surface area (Å²) in [5.41, 5.74) is 1.24. The van der Waals surface area contributed by atoms with Gasteiger partial charge < -0.3 is 4.57 Å². The number of pyridine rings is 1. The maximum absolute atomic E-state index is 5.25. The molecule has 0 aromatic carbocycles. The number of aromatic amines is 1. The lowest BCUT2D eigenvalue weighted by atomic mass is 10.1. The monoisotopic (exact) mass is 246 g/mol. The predicted molar refractivity (Wildman–Crippen MR) is 67.3 cm³/mol. The van der Waals surface area contributed by atoms with Crippen LogP contribution in [0.15, 0.2) is 24.5 Å². The molecule has 2 heterocycles. The van der Waals surface area contributed by atoms with Gasteiger partial charge >= 0.3 is 0 Å². The third-order valence-electron chi connectivity index (χ3n) is 3.05. The Morgan fingerprint density at radius 1 is 1.41 bits per heavy atom. The number of aryl methyl sites for hydroxylation is 2. The van der Waals surface area contributed by atoms with Crippen LogP contribution in [0.4, 0.5) is 0 Å². The van der Waals surface area contributed by atoms with Gasteiger partial charge in [0, 0.05) is 24.9 Å². The van der Waals surface area contributed by atoms with E-state index < -0.39 is 0 Å². The van der Waals surface area contributed by atoms with Crippen LogP contribution in [0.5, 0.6) is 0 Å². The van der Waals surface area contributed by atoms with Crippen molar-refractivity contribution in [2.45, 2.75) is 31.7 Å². The molecule has 1 saturated carbocycles. The van der Waals surface area contributed by atoms with Crippen molar-refractivity contribution in [2.24, 2.45) is 0 Å². The molecular formula is C12H14N4S. The normalized spacial score (nSPS) is 15.1. The van der Waals surface area contributed by atoms with Crippen LogP contribution in [0, 0.1) is 4.77 Å². The molecule has 0 atom stereocenters. The average molecular weight is 246 g/mol. The summed E-state index contributed by atoms with van der Waals surface area (Å²) in [5, 5.41) is 7.21. The molecular weight excluding hydrogens is 232 g/mol. The third kappa shape index (κ3) is 2.29. The van der Waals surface area contributed by atoms with Crippen LogP contribution >= 0.6 is 12.2 Å². The van der Waals surface area contributed by atoms with Gasteiger partial charge in [-0.25, -0.2) is 0 Å². The summed E-state index contributed by atoms with van der Waals surface area (Å²) >= 11 is 5.25. The van der Waals surface area contributed by atoms with Crippen LogP contribution in [-0.4, -0.2) is 19.7 Å². The first-order valence-electron chi connectivity index (χ1n) is 5.89. The van der Waals surface area contributed by atoms with Gasteiger partial charge in [-0.15, -0.1) is 0 Å². The second kappa shape index (κ2) is 4.41. The average Bonchev–Trinajstić information content (AvgIpc) is 3.12. The van der Waals surface area contributed by atoms with Crippen molar-refractivity contribution in [1.82, 2.24) is 19.7 Å². The van der Waals surface area contributed by atoms with Gasteiger partial charge in [-0.3, -0.25) is 10.1 Å². The lowest BCUT2D eigenvalue weighted by Gasteiger charge is -2.04. The Hall–Kier alpha value is -1.49. The number of H-pyrrole nitrogens is 1. The van der Waals surface area contributed by atoms with Gasteiger partial charge in [-0.1, -0.05) is 6.07 Å². The molecule has 2 aromatic heterocycles. The first-order chi connectivity index (χ1) is 8.34. The largest absolute Gasteiger partial charge is 0.301 e. The van der Waals surface area contributed by atoms with Crippen molar-refractivity contribution >= 4 is 12.2 Å². The highest BCUT2D eigenvalue weighted by molar-refractivity contribution is 7.71. The summed E-state index contributed by atoms with van der Waals surface area (Å²) < 4.78 is 2.93. The maximum atomic E-state index is 5.25. The van der Waals surface area contributed by atoms with E-state index in [1.165, 1.54) is 18.4 Å². The van der Waals surface area contributed by atoms with Crippen molar-refractivity contribution in [2.75, 3.05) is 0 Å². The Labute approximate surface area is 105 Å². The van der Waals surface area contributed by atoms with Gasteiger partial charge in [0.1, 0.15) is 5.82 Å². The third-order valence-corrected chi connectivity index (χ3v) is 3.34. The zero-order valence-electron chi connectivity index (χ0n) is 9.47. The van der Waals surface area contributed by atoms with Crippen LogP contribution in [0.1, 0.15) is 30.3 Å². The Morgan fingerprint density at radius 2 is 2.29 bits per heavy atom. The lowest BCUT2D eigenvalue weighted by Crippen LogP contribution is -2.03. The molecule has 0 bridgehead atoms. The van der Waals surface area contributed by atoms with E-state index in [0.717, 1.165) is 23.4 Å². The maximum Gasteiger partial charge on any atom is 0.195 e. The lowest BCUT2D eigenvalue weighted by molar-refractivity contribution is 0.666. The number of aromatic nitrogens is 4. The number of nitrogens with zero attached hydrogens (tertiary/aromatic N) is 3. The number of hydrogen-bond donors (Lipinski definition) is 1. The number of nitrogens with one attached hydrogen (secondary N) is 1. The number of rotatable bonds is 4. The van der Waals surface area contributed by atoms with Crippen LogP contribution in [-0.2, 0) is 12.8 Å². The minimum atomic E-state index is 0.588. The quantitative estimate of drug-likeness (QED) is 0.843. The molecule has 0 aliphatic heterocycles. The highest BCUT2D eigenvalue weighted by Crippen LogP contribution is 2.35. The molecule has 1 aliphatic rings. The SMILES string of the molecule is S=c1[nH]nc(CCc2cccnc2)n1C1CC1. The van der Waals surface area contributed by atoms with Crippen LogP contribution in [0.3, 0.4) is 0 Å². The molecule has 0 spiro atoms. The van der Waals surface area contributed by atoms with Crippen molar-refractivity contribution in [1.29, 1.82) is 0 Å². The van der Waals surface area contributed by atoms with Crippen LogP contribution < -0.4 is 0 Å². The Morgan fingerprint density at radius 3 is 3.00 bits per heavy atom. The fraction of sp³-hybridized carbons (Fsp3) is 0.417. The first-order valence-corrected chi connectivity index (χ1v) is 6.30. The second-order valence-electron chi connectivity index (χ2n) is 4.41. The summed E-state index contributed by atoms with van der Waals surface area (Å²) in [5.74, 6) is 1.07. The highest BCUT2D eigenvalue weighted by atomic mass is 32.1. The van der Waals surface area contributed by atoms with Crippen LogP contribution in [0.2, 0.25) is 0 Å². The smallest absolute Gasteiger partial charge is 0.195 e. The minimum absolute atomic E-state index is 0.588. The molecule has 17 heavy (non-hydrogen) atoms. The van der Waals surface area contributed by atoms with Crippen molar-refractivity contribution in [3.8, 4) is 0 Å². The Balaban J connectivity index is 1.75. The topological polar surface area (TPSA) is 46.5 Å². The molecule has 5 heteroatoms. The summed E-state index contributed by atoms with van der Waals surface area (Å²) in [4.78, 5) is 4.12.